The van der Waals surface area contributed by atoms with Crippen LogP contribution in [0.5, 0.6) is 0 Å². The van der Waals surface area contributed by atoms with Crippen molar-refractivity contribution in [2.45, 2.75) is 64.8 Å². The fourth-order valence-electron chi connectivity index (χ4n) is 2.74. The van der Waals surface area contributed by atoms with Gasteiger partial charge in [-0.3, -0.25) is 0 Å². The van der Waals surface area contributed by atoms with Crippen LogP contribution < -0.4 is 5.32 Å². The molecule has 0 heterocycles. The Bertz CT molecular complexity index is 274. The molecule has 1 N–H and O–H groups in total. The first-order valence-corrected chi connectivity index (χ1v) is 7.87. The lowest BCUT2D eigenvalue weighted by Crippen LogP contribution is -2.35. The first-order valence-electron chi connectivity index (χ1n) is 7.87. The summed E-state index contributed by atoms with van der Waals surface area (Å²) in [6.07, 6.45) is 9.18. The summed E-state index contributed by atoms with van der Waals surface area (Å²) in [5, 5.41) is 12.4. The molecule has 0 aliphatic heterocycles. The van der Waals surface area contributed by atoms with Gasteiger partial charge in [-0.2, -0.15) is 5.26 Å². The summed E-state index contributed by atoms with van der Waals surface area (Å²) < 4.78 is 0. The topological polar surface area (TPSA) is 39.1 Å². The lowest BCUT2D eigenvalue weighted by Gasteiger charge is -2.31. The van der Waals surface area contributed by atoms with E-state index in [1.807, 2.05) is 13.8 Å². The van der Waals surface area contributed by atoms with Crippen molar-refractivity contribution in [3.8, 4) is 6.07 Å². The molecule has 1 rings (SSSR count). The fraction of sp³-hybridized carbons (Fsp3) is 0.938. The van der Waals surface area contributed by atoms with Gasteiger partial charge < -0.3 is 10.2 Å². The maximum atomic E-state index is 8.93. The Morgan fingerprint density at radius 1 is 1.21 bits per heavy atom. The lowest BCUT2D eigenvalue weighted by atomic mass is 9.91. The normalized spacial score (nSPS) is 17.6. The van der Waals surface area contributed by atoms with Crippen LogP contribution in [0.2, 0.25) is 0 Å². The van der Waals surface area contributed by atoms with Gasteiger partial charge in [-0.25, -0.2) is 0 Å². The first kappa shape index (κ1) is 16.5. The smallest absolute Gasteiger partial charge is 0.0684 e. The molecule has 1 aliphatic carbocycles. The summed E-state index contributed by atoms with van der Waals surface area (Å²) in [6.45, 7) is 7.22. The average molecular weight is 265 g/mol. The third-order valence-corrected chi connectivity index (χ3v) is 4.29. The first-order chi connectivity index (χ1) is 9.05. The zero-order chi connectivity index (χ0) is 14.1. The standard InChI is InChI=1S/C16H31N3/c1-16(2,14-17)10-12-18-11-7-13-19(3)15-8-5-4-6-9-15/h15,18H,4-13H2,1-3H3. The van der Waals surface area contributed by atoms with E-state index in [1.165, 1.54) is 45.1 Å². The highest BCUT2D eigenvalue weighted by Crippen LogP contribution is 2.21. The molecule has 0 atom stereocenters. The van der Waals surface area contributed by atoms with Crippen LogP contribution in [-0.2, 0) is 0 Å². The van der Waals surface area contributed by atoms with Crippen molar-refractivity contribution in [2.75, 3.05) is 26.7 Å². The molecule has 1 fully saturated rings. The Hall–Kier alpha value is -0.590. The number of hydrogen-bond acceptors (Lipinski definition) is 3. The van der Waals surface area contributed by atoms with Gasteiger partial charge in [-0.05, 0) is 66.2 Å². The lowest BCUT2D eigenvalue weighted by molar-refractivity contribution is 0.189. The summed E-state index contributed by atoms with van der Waals surface area (Å²) in [4.78, 5) is 2.54. The molecule has 0 amide bonds. The van der Waals surface area contributed by atoms with Gasteiger partial charge in [0.1, 0.15) is 0 Å². The Kier molecular flexibility index (Phi) is 7.41. The predicted octanol–water partition coefficient (Wildman–Crippen LogP) is 3.17. The van der Waals surface area contributed by atoms with E-state index in [0.717, 1.165) is 25.6 Å². The summed E-state index contributed by atoms with van der Waals surface area (Å²) in [5.74, 6) is 0. The van der Waals surface area contributed by atoms with Crippen molar-refractivity contribution in [2.24, 2.45) is 5.41 Å². The van der Waals surface area contributed by atoms with Gasteiger partial charge in [0.15, 0.2) is 0 Å². The summed E-state index contributed by atoms with van der Waals surface area (Å²) in [6, 6.07) is 3.17. The Labute approximate surface area is 119 Å². The highest BCUT2D eigenvalue weighted by molar-refractivity contribution is 4.91. The molecule has 1 saturated carbocycles. The van der Waals surface area contributed by atoms with Crippen LogP contribution >= 0.6 is 0 Å². The summed E-state index contributed by atoms with van der Waals surface area (Å²) in [7, 11) is 2.27. The molecular weight excluding hydrogens is 234 g/mol. The van der Waals surface area contributed by atoms with Gasteiger partial charge in [-0.15, -0.1) is 0 Å². The highest BCUT2D eigenvalue weighted by Gasteiger charge is 2.17. The van der Waals surface area contributed by atoms with Crippen LogP contribution in [0.3, 0.4) is 0 Å². The van der Waals surface area contributed by atoms with Crippen molar-refractivity contribution in [3.63, 3.8) is 0 Å². The monoisotopic (exact) mass is 265 g/mol. The minimum Gasteiger partial charge on any atom is -0.317 e. The molecule has 1 aliphatic rings. The van der Waals surface area contributed by atoms with E-state index >= 15 is 0 Å². The second kappa shape index (κ2) is 8.55. The molecule has 0 unspecified atom stereocenters. The molecule has 19 heavy (non-hydrogen) atoms. The van der Waals surface area contributed by atoms with Crippen molar-refractivity contribution in [1.29, 1.82) is 5.26 Å². The molecular formula is C16H31N3. The van der Waals surface area contributed by atoms with E-state index < -0.39 is 0 Å². The minimum atomic E-state index is -0.189. The van der Waals surface area contributed by atoms with Crippen LogP contribution in [0.4, 0.5) is 0 Å². The zero-order valence-electron chi connectivity index (χ0n) is 13.0. The minimum absolute atomic E-state index is 0.189. The summed E-state index contributed by atoms with van der Waals surface area (Å²) >= 11 is 0. The average Bonchev–Trinajstić information content (AvgIpc) is 2.43. The highest BCUT2D eigenvalue weighted by atomic mass is 15.1. The molecule has 3 heteroatoms. The number of rotatable bonds is 8. The Morgan fingerprint density at radius 2 is 1.89 bits per heavy atom. The van der Waals surface area contributed by atoms with Crippen LogP contribution in [0.15, 0.2) is 0 Å². The van der Waals surface area contributed by atoms with Crippen LogP contribution in [-0.4, -0.2) is 37.6 Å². The maximum Gasteiger partial charge on any atom is 0.0684 e. The molecule has 0 spiro atoms. The summed E-state index contributed by atoms with van der Waals surface area (Å²) in [5.41, 5.74) is -0.189. The number of nitrogens with zero attached hydrogens (tertiary/aromatic N) is 2. The third kappa shape index (κ3) is 6.94. The van der Waals surface area contributed by atoms with Gasteiger partial charge >= 0.3 is 0 Å². The van der Waals surface area contributed by atoms with Crippen molar-refractivity contribution in [3.05, 3.63) is 0 Å². The molecule has 0 bridgehead atoms. The number of nitrogens with one attached hydrogen (secondary N) is 1. The molecule has 3 nitrogen and oxygen atoms in total. The van der Waals surface area contributed by atoms with Gasteiger partial charge in [0.25, 0.3) is 0 Å². The molecule has 0 aromatic heterocycles. The van der Waals surface area contributed by atoms with Gasteiger partial charge in [0, 0.05) is 6.04 Å². The Balaban J connectivity index is 2.00. The SMILES string of the molecule is CN(CCCNCCC(C)(C)C#N)C1CCCCC1. The molecule has 0 aromatic carbocycles. The maximum absolute atomic E-state index is 8.93. The zero-order valence-corrected chi connectivity index (χ0v) is 13.0. The van der Waals surface area contributed by atoms with Crippen molar-refractivity contribution < 1.29 is 0 Å². The largest absolute Gasteiger partial charge is 0.317 e. The fourth-order valence-corrected chi connectivity index (χ4v) is 2.74. The molecule has 0 aromatic rings. The number of nitriles is 1. The molecule has 0 saturated heterocycles. The predicted molar refractivity (Wildman–Crippen MR) is 81.0 cm³/mol. The van der Waals surface area contributed by atoms with Gasteiger partial charge in [0.05, 0.1) is 11.5 Å². The number of hydrogen-bond donors (Lipinski definition) is 1. The van der Waals surface area contributed by atoms with E-state index in [0.29, 0.717) is 0 Å². The van der Waals surface area contributed by atoms with E-state index in [1.54, 1.807) is 0 Å². The third-order valence-electron chi connectivity index (χ3n) is 4.29. The Morgan fingerprint density at radius 3 is 2.53 bits per heavy atom. The quantitative estimate of drug-likeness (QED) is 0.685. The second-order valence-corrected chi connectivity index (χ2v) is 6.62. The van der Waals surface area contributed by atoms with Crippen molar-refractivity contribution in [1.82, 2.24) is 10.2 Å². The van der Waals surface area contributed by atoms with E-state index in [9.17, 15) is 0 Å². The molecule has 0 radical (unpaired) electrons. The van der Waals surface area contributed by atoms with E-state index in [-0.39, 0.29) is 5.41 Å². The van der Waals surface area contributed by atoms with Crippen LogP contribution in [0, 0.1) is 16.7 Å². The van der Waals surface area contributed by atoms with Crippen LogP contribution in [0.1, 0.15) is 58.8 Å². The van der Waals surface area contributed by atoms with Gasteiger partial charge in [-0.1, -0.05) is 19.3 Å². The van der Waals surface area contributed by atoms with Crippen molar-refractivity contribution >= 4 is 0 Å². The second-order valence-electron chi connectivity index (χ2n) is 6.62. The van der Waals surface area contributed by atoms with Gasteiger partial charge in [0.2, 0.25) is 0 Å². The molecule has 110 valence electrons. The van der Waals surface area contributed by atoms with E-state index in [2.05, 4.69) is 23.3 Å². The van der Waals surface area contributed by atoms with Crippen LogP contribution in [0.25, 0.3) is 0 Å². The van der Waals surface area contributed by atoms with E-state index in [4.69, 9.17) is 5.26 Å².